The lowest BCUT2D eigenvalue weighted by Gasteiger charge is -2.16. The van der Waals surface area contributed by atoms with Crippen molar-refractivity contribution in [3.05, 3.63) is 65.4 Å². The van der Waals surface area contributed by atoms with E-state index in [0.717, 1.165) is 34.2 Å². The minimum atomic E-state index is -0.816. The summed E-state index contributed by atoms with van der Waals surface area (Å²) in [5, 5.41) is 10.5. The number of ether oxygens (including phenoxy) is 1. The van der Waals surface area contributed by atoms with Gasteiger partial charge in [-0.1, -0.05) is 37.3 Å². The summed E-state index contributed by atoms with van der Waals surface area (Å²) in [7, 11) is 1.62. The van der Waals surface area contributed by atoms with Gasteiger partial charge in [-0.15, -0.1) is 0 Å². The van der Waals surface area contributed by atoms with E-state index in [1.807, 2.05) is 36.5 Å². The lowest BCUT2D eigenvalue weighted by atomic mass is 9.88. The molecule has 0 spiro atoms. The van der Waals surface area contributed by atoms with Crippen molar-refractivity contribution in [3.8, 4) is 5.75 Å². The van der Waals surface area contributed by atoms with Gasteiger partial charge in [0.05, 0.1) is 13.5 Å². The zero-order valence-electron chi connectivity index (χ0n) is 13.9. The Hall–Kier alpha value is -2.75. The maximum atomic E-state index is 11.5. The van der Waals surface area contributed by atoms with Crippen molar-refractivity contribution < 1.29 is 14.6 Å². The Kier molecular flexibility index (Phi) is 4.56. The summed E-state index contributed by atoms with van der Waals surface area (Å²) in [5.41, 5.74) is 4.28. The Bertz CT molecular complexity index is 866. The Balaban J connectivity index is 2.14. The molecule has 0 aliphatic rings. The van der Waals surface area contributed by atoms with Gasteiger partial charge in [0.15, 0.2) is 0 Å². The molecule has 3 rings (SSSR count). The first kappa shape index (κ1) is 16.1. The van der Waals surface area contributed by atoms with Gasteiger partial charge in [-0.2, -0.15) is 0 Å². The number of rotatable bonds is 6. The number of para-hydroxylation sites is 1. The molecular formula is C20H21NO3. The first-order chi connectivity index (χ1) is 11.6. The van der Waals surface area contributed by atoms with Gasteiger partial charge in [0.25, 0.3) is 0 Å². The number of hydrogen-bond acceptors (Lipinski definition) is 2. The highest BCUT2D eigenvalue weighted by molar-refractivity contribution is 5.87. The second-order valence-electron chi connectivity index (χ2n) is 5.86. The van der Waals surface area contributed by atoms with E-state index in [1.54, 1.807) is 7.11 Å². The fourth-order valence-electron chi connectivity index (χ4n) is 3.26. The summed E-state index contributed by atoms with van der Waals surface area (Å²) in [5.74, 6) is -0.306. The molecule has 4 nitrogen and oxygen atoms in total. The fraction of sp³-hybridized carbons (Fsp3) is 0.250. The summed E-state index contributed by atoms with van der Waals surface area (Å²) >= 11 is 0. The average Bonchev–Trinajstić information content (AvgIpc) is 3.03. The number of carbonyl (C=O) groups is 1. The van der Waals surface area contributed by atoms with Crippen molar-refractivity contribution in [1.29, 1.82) is 0 Å². The Labute approximate surface area is 141 Å². The maximum absolute atomic E-state index is 11.5. The third-order valence-electron chi connectivity index (χ3n) is 4.46. The number of aromatic amines is 1. The monoisotopic (exact) mass is 323 g/mol. The van der Waals surface area contributed by atoms with Crippen molar-refractivity contribution in [3.63, 3.8) is 0 Å². The van der Waals surface area contributed by atoms with Crippen LogP contribution in [0.3, 0.4) is 0 Å². The number of carboxylic acid groups (broad SMARTS) is 1. The first-order valence-electron chi connectivity index (χ1n) is 8.08. The molecule has 1 aromatic heterocycles. The number of hydrogen-bond donors (Lipinski definition) is 2. The SMILES string of the molecule is CCc1cccc2c(C(CC(=O)O)c3cccc(OC)c3)c[nH]c12. The normalized spacial score (nSPS) is 12.2. The quantitative estimate of drug-likeness (QED) is 0.709. The summed E-state index contributed by atoms with van der Waals surface area (Å²) in [6.07, 6.45) is 2.91. The predicted octanol–water partition coefficient (Wildman–Crippen LogP) is 4.35. The Morgan fingerprint density at radius 1 is 1.25 bits per heavy atom. The summed E-state index contributed by atoms with van der Waals surface area (Å²) in [6, 6.07) is 13.8. The molecule has 3 aromatic rings. The summed E-state index contributed by atoms with van der Waals surface area (Å²) < 4.78 is 5.30. The molecule has 0 radical (unpaired) electrons. The van der Waals surface area contributed by atoms with Crippen LogP contribution in [0.5, 0.6) is 5.75 Å². The molecule has 2 N–H and O–H groups in total. The van der Waals surface area contributed by atoms with Crippen molar-refractivity contribution in [2.45, 2.75) is 25.7 Å². The maximum Gasteiger partial charge on any atom is 0.304 e. The fourth-order valence-corrected chi connectivity index (χ4v) is 3.26. The second-order valence-corrected chi connectivity index (χ2v) is 5.86. The van der Waals surface area contributed by atoms with Gasteiger partial charge < -0.3 is 14.8 Å². The molecule has 1 heterocycles. The Morgan fingerprint density at radius 3 is 2.75 bits per heavy atom. The van der Waals surface area contributed by atoms with E-state index in [4.69, 9.17) is 4.74 Å². The van der Waals surface area contributed by atoms with Gasteiger partial charge in [-0.05, 0) is 35.2 Å². The van der Waals surface area contributed by atoms with Crippen molar-refractivity contribution >= 4 is 16.9 Å². The molecule has 2 aromatic carbocycles. The molecule has 0 saturated heterocycles. The third-order valence-corrected chi connectivity index (χ3v) is 4.46. The van der Waals surface area contributed by atoms with Crippen LogP contribution in [0, 0.1) is 0 Å². The van der Waals surface area contributed by atoms with Crippen LogP contribution >= 0.6 is 0 Å². The van der Waals surface area contributed by atoms with Crippen molar-refractivity contribution in [2.24, 2.45) is 0 Å². The molecule has 1 atom stereocenters. The highest BCUT2D eigenvalue weighted by Gasteiger charge is 2.22. The van der Waals surface area contributed by atoms with E-state index in [1.165, 1.54) is 5.56 Å². The minimum absolute atomic E-state index is 0.0382. The Morgan fingerprint density at radius 2 is 2.04 bits per heavy atom. The standard InChI is InChI=1S/C20H21NO3/c1-3-13-6-5-9-16-18(12-21-20(13)16)17(11-19(22)23)14-7-4-8-15(10-14)24-2/h4-10,12,17,21H,3,11H2,1-2H3,(H,22,23). The predicted molar refractivity (Wildman–Crippen MR) is 94.8 cm³/mol. The second kappa shape index (κ2) is 6.79. The van der Waals surface area contributed by atoms with Gasteiger partial charge in [-0.25, -0.2) is 0 Å². The highest BCUT2D eigenvalue weighted by Crippen LogP contribution is 2.35. The number of aromatic nitrogens is 1. The molecule has 0 aliphatic heterocycles. The molecule has 0 fully saturated rings. The van der Waals surface area contributed by atoms with Crippen molar-refractivity contribution in [2.75, 3.05) is 7.11 Å². The number of nitrogens with one attached hydrogen (secondary N) is 1. The van der Waals surface area contributed by atoms with Gasteiger partial charge in [0, 0.05) is 23.0 Å². The molecular weight excluding hydrogens is 302 g/mol. The highest BCUT2D eigenvalue weighted by atomic mass is 16.5. The van der Waals surface area contributed by atoms with Crippen LogP contribution < -0.4 is 4.74 Å². The first-order valence-corrected chi connectivity index (χ1v) is 8.08. The summed E-state index contributed by atoms with van der Waals surface area (Å²) in [4.78, 5) is 14.8. The van der Waals surface area contributed by atoms with E-state index < -0.39 is 5.97 Å². The van der Waals surface area contributed by atoms with Crippen molar-refractivity contribution in [1.82, 2.24) is 4.98 Å². The smallest absolute Gasteiger partial charge is 0.304 e. The van der Waals surface area contributed by atoms with E-state index in [-0.39, 0.29) is 12.3 Å². The van der Waals surface area contributed by atoms with Crippen LogP contribution in [-0.2, 0) is 11.2 Å². The molecule has 1 unspecified atom stereocenters. The third kappa shape index (κ3) is 3.00. The molecule has 0 bridgehead atoms. The van der Waals surface area contributed by atoms with E-state index >= 15 is 0 Å². The van der Waals surface area contributed by atoms with E-state index in [2.05, 4.69) is 24.0 Å². The van der Waals surface area contributed by atoms with Crippen LogP contribution in [0.1, 0.15) is 36.0 Å². The largest absolute Gasteiger partial charge is 0.497 e. The topological polar surface area (TPSA) is 62.3 Å². The molecule has 0 amide bonds. The molecule has 0 saturated carbocycles. The molecule has 24 heavy (non-hydrogen) atoms. The van der Waals surface area contributed by atoms with Crippen LogP contribution in [0.25, 0.3) is 10.9 Å². The number of aryl methyl sites for hydroxylation is 1. The zero-order chi connectivity index (χ0) is 17.1. The van der Waals surface area contributed by atoms with Gasteiger partial charge in [-0.3, -0.25) is 4.79 Å². The van der Waals surface area contributed by atoms with Crippen LogP contribution in [0.15, 0.2) is 48.7 Å². The molecule has 124 valence electrons. The minimum Gasteiger partial charge on any atom is -0.497 e. The van der Waals surface area contributed by atoms with Gasteiger partial charge in [0.2, 0.25) is 0 Å². The van der Waals surface area contributed by atoms with Gasteiger partial charge in [0.1, 0.15) is 5.75 Å². The van der Waals surface area contributed by atoms with E-state index in [0.29, 0.717) is 0 Å². The number of aliphatic carboxylic acids is 1. The van der Waals surface area contributed by atoms with Gasteiger partial charge >= 0.3 is 5.97 Å². The van der Waals surface area contributed by atoms with Crippen LogP contribution in [0.4, 0.5) is 0 Å². The number of fused-ring (bicyclic) bond motifs is 1. The van der Waals surface area contributed by atoms with Crippen LogP contribution in [-0.4, -0.2) is 23.2 Å². The lowest BCUT2D eigenvalue weighted by molar-refractivity contribution is -0.137. The molecule has 4 heteroatoms. The lowest BCUT2D eigenvalue weighted by Crippen LogP contribution is -2.08. The number of H-pyrrole nitrogens is 1. The zero-order valence-corrected chi connectivity index (χ0v) is 13.9. The molecule has 0 aliphatic carbocycles. The number of benzene rings is 2. The summed E-state index contributed by atoms with van der Waals surface area (Å²) in [6.45, 7) is 2.12. The average molecular weight is 323 g/mol. The number of carboxylic acids is 1. The van der Waals surface area contributed by atoms with E-state index in [9.17, 15) is 9.90 Å². The van der Waals surface area contributed by atoms with Crippen LogP contribution in [0.2, 0.25) is 0 Å². The number of methoxy groups -OCH3 is 1.